The SMILES string of the molecule is CC(C)(C)OC(=O)NCc1cc2cnc(N=C(c3ccccc3)c3ccccc3)cc2o1.CCC.O=c1cc(Cl)[nH]cc1Br. The number of carbonyl (C=O) groups excluding carboxylic acids is 1. The molecule has 10 heteroatoms. The van der Waals surface area contributed by atoms with E-state index in [4.69, 9.17) is 25.7 Å². The summed E-state index contributed by atoms with van der Waals surface area (Å²) in [6.45, 7) is 9.93. The van der Waals surface area contributed by atoms with E-state index in [-0.39, 0.29) is 12.0 Å². The summed E-state index contributed by atoms with van der Waals surface area (Å²) >= 11 is 8.47. The Kier molecular flexibility index (Phi) is 12.9. The summed E-state index contributed by atoms with van der Waals surface area (Å²) in [5.41, 5.74) is 2.82. The first-order valence-electron chi connectivity index (χ1n) is 14.1. The molecule has 1 amide bonds. The lowest BCUT2D eigenvalue weighted by atomic mass is 10.0. The number of aromatic amines is 1. The molecule has 0 bridgehead atoms. The van der Waals surface area contributed by atoms with Crippen LogP contribution < -0.4 is 10.7 Å². The fourth-order valence-electron chi connectivity index (χ4n) is 3.63. The van der Waals surface area contributed by atoms with Crippen LogP contribution >= 0.6 is 27.5 Å². The zero-order chi connectivity index (χ0) is 32.1. The van der Waals surface area contributed by atoms with Crippen molar-refractivity contribution in [3.8, 4) is 0 Å². The maximum Gasteiger partial charge on any atom is 0.408 e. The van der Waals surface area contributed by atoms with Gasteiger partial charge in [0.1, 0.15) is 22.1 Å². The van der Waals surface area contributed by atoms with Gasteiger partial charge in [-0.3, -0.25) is 4.79 Å². The minimum atomic E-state index is -0.552. The molecule has 0 aliphatic rings. The van der Waals surface area contributed by atoms with Crippen molar-refractivity contribution in [2.24, 2.45) is 4.99 Å². The number of alkyl carbamates (subject to hydrolysis) is 1. The number of nitrogens with zero attached hydrogens (tertiary/aromatic N) is 2. The first-order chi connectivity index (χ1) is 21.0. The maximum atomic E-state index is 11.9. The van der Waals surface area contributed by atoms with E-state index in [0.717, 1.165) is 22.2 Å². The molecule has 3 aromatic heterocycles. The number of rotatable bonds is 5. The highest BCUT2D eigenvalue weighted by atomic mass is 79.9. The van der Waals surface area contributed by atoms with E-state index in [1.807, 2.05) is 87.5 Å². The van der Waals surface area contributed by atoms with Crippen LogP contribution in [0.2, 0.25) is 5.15 Å². The standard InChI is InChI=1S/C26H25N3O3.C5H3BrClNO.C3H8/c1-26(2,3)32-25(30)28-17-21-14-20-16-27-23(15-22(20)31-21)29-24(18-10-6-4-7-11-18)19-12-8-5-9-13-19;6-3-2-8-5(7)1-4(3)9;1-3-2/h4-16H,17H2,1-3H3,(H,28,30);1-2H,(H,8,9);3H2,1-2H3. The van der Waals surface area contributed by atoms with Crippen molar-refractivity contribution in [3.05, 3.63) is 128 Å². The van der Waals surface area contributed by atoms with Crippen molar-refractivity contribution in [2.75, 3.05) is 0 Å². The van der Waals surface area contributed by atoms with Gasteiger partial charge in [0.25, 0.3) is 0 Å². The molecule has 3 heterocycles. The summed E-state index contributed by atoms with van der Waals surface area (Å²) in [4.78, 5) is 34.6. The summed E-state index contributed by atoms with van der Waals surface area (Å²) in [7, 11) is 0. The van der Waals surface area contributed by atoms with Gasteiger partial charge >= 0.3 is 6.09 Å². The Morgan fingerprint density at radius 1 is 1.02 bits per heavy atom. The van der Waals surface area contributed by atoms with Crippen molar-refractivity contribution in [3.63, 3.8) is 0 Å². The van der Waals surface area contributed by atoms with Gasteiger partial charge < -0.3 is 19.5 Å². The molecule has 0 fully saturated rings. The molecule has 0 aliphatic carbocycles. The van der Waals surface area contributed by atoms with E-state index in [1.54, 1.807) is 12.3 Å². The largest absolute Gasteiger partial charge is 0.459 e. The maximum absolute atomic E-state index is 11.9. The molecule has 5 rings (SSSR count). The lowest BCUT2D eigenvalue weighted by Gasteiger charge is -2.19. The highest BCUT2D eigenvalue weighted by Crippen LogP contribution is 2.24. The zero-order valence-corrected chi connectivity index (χ0v) is 27.7. The third kappa shape index (κ3) is 11.1. The Morgan fingerprint density at radius 3 is 2.14 bits per heavy atom. The number of H-pyrrole nitrogens is 1. The number of hydrogen-bond donors (Lipinski definition) is 2. The van der Waals surface area contributed by atoms with Crippen LogP contribution in [0.5, 0.6) is 0 Å². The second kappa shape index (κ2) is 16.6. The quantitative estimate of drug-likeness (QED) is 0.142. The molecule has 44 heavy (non-hydrogen) atoms. The van der Waals surface area contributed by atoms with Crippen LogP contribution in [0.3, 0.4) is 0 Å². The molecule has 2 N–H and O–H groups in total. The molecule has 0 aliphatic heterocycles. The topological polar surface area (TPSA) is 110 Å². The van der Waals surface area contributed by atoms with Crippen LogP contribution in [0.15, 0.2) is 110 Å². The minimum absolute atomic E-state index is 0.112. The number of benzene rings is 2. The Bertz CT molecular complexity index is 1690. The number of hydrogen-bond acceptors (Lipinski definition) is 6. The van der Waals surface area contributed by atoms with Gasteiger partial charge in [-0.05, 0) is 42.8 Å². The second-order valence-corrected chi connectivity index (χ2v) is 11.8. The second-order valence-electron chi connectivity index (χ2n) is 10.5. The fraction of sp³-hybridized carbons (Fsp3) is 0.235. The molecule has 5 aromatic rings. The van der Waals surface area contributed by atoms with Crippen LogP contribution in [0, 0.1) is 0 Å². The van der Waals surface area contributed by atoms with Crippen LogP contribution in [-0.2, 0) is 11.3 Å². The van der Waals surface area contributed by atoms with E-state index in [1.165, 1.54) is 18.7 Å². The Hall–Kier alpha value is -4.21. The molecule has 0 atom stereocenters. The van der Waals surface area contributed by atoms with E-state index >= 15 is 0 Å². The first kappa shape index (κ1) is 34.3. The normalized spacial score (nSPS) is 10.5. The number of ether oxygens (including phenoxy) is 1. The van der Waals surface area contributed by atoms with Crippen molar-refractivity contribution >= 4 is 56.1 Å². The molecule has 8 nitrogen and oxygen atoms in total. The summed E-state index contributed by atoms with van der Waals surface area (Å²) in [5.74, 6) is 1.15. The summed E-state index contributed by atoms with van der Waals surface area (Å²) in [6.07, 6.45) is 3.99. The van der Waals surface area contributed by atoms with Crippen LogP contribution in [0.1, 0.15) is 57.9 Å². The van der Waals surface area contributed by atoms with E-state index in [9.17, 15) is 9.59 Å². The number of furan rings is 1. The van der Waals surface area contributed by atoms with Crippen molar-refractivity contribution in [1.29, 1.82) is 0 Å². The average molecular weight is 680 g/mol. The summed E-state index contributed by atoms with van der Waals surface area (Å²) < 4.78 is 11.7. The number of aliphatic imine (C=N–C) groups is 1. The van der Waals surface area contributed by atoms with Crippen LogP contribution in [-0.4, -0.2) is 27.4 Å². The predicted octanol–water partition coefficient (Wildman–Crippen LogP) is 9.23. The van der Waals surface area contributed by atoms with Gasteiger partial charge in [-0.15, -0.1) is 0 Å². The van der Waals surface area contributed by atoms with Gasteiger partial charge in [0, 0.05) is 41.0 Å². The number of halogens is 2. The molecule has 0 saturated heterocycles. The Labute approximate surface area is 270 Å². The number of nitrogens with one attached hydrogen (secondary N) is 2. The number of aromatic nitrogens is 2. The van der Waals surface area contributed by atoms with Gasteiger partial charge in [-0.25, -0.2) is 14.8 Å². The fourth-order valence-corrected chi connectivity index (χ4v) is 4.01. The van der Waals surface area contributed by atoms with Gasteiger partial charge in [0.2, 0.25) is 0 Å². The monoisotopic (exact) mass is 678 g/mol. The van der Waals surface area contributed by atoms with Crippen molar-refractivity contribution in [1.82, 2.24) is 15.3 Å². The van der Waals surface area contributed by atoms with Crippen molar-refractivity contribution < 1.29 is 13.9 Å². The minimum Gasteiger partial charge on any atom is -0.459 e. The van der Waals surface area contributed by atoms with Crippen LogP contribution in [0.25, 0.3) is 11.0 Å². The molecule has 0 spiro atoms. The third-order valence-corrected chi connectivity index (χ3v) is 6.23. The molecule has 0 saturated carbocycles. The van der Waals surface area contributed by atoms with E-state index in [0.29, 0.717) is 26.8 Å². The third-order valence-electron chi connectivity index (χ3n) is 5.39. The molecule has 2 aromatic carbocycles. The number of carbonyl (C=O) groups is 1. The smallest absolute Gasteiger partial charge is 0.408 e. The molecule has 0 unspecified atom stereocenters. The first-order valence-corrected chi connectivity index (χ1v) is 15.2. The zero-order valence-electron chi connectivity index (χ0n) is 25.4. The summed E-state index contributed by atoms with van der Waals surface area (Å²) in [6, 6.07) is 25.0. The Balaban J connectivity index is 0.000000371. The van der Waals surface area contributed by atoms with Gasteiger partial charge in [0.05, 0.1) is 16.7 Å². The number of amides is 1. The highest BCUT2D eigenvalue weighted by Gasteiger charge is 2.16. The average Bonchev–Trinajstić information content (AvgIpc) is 3.40. The number of fused-ring (bicyclic) bond motifs is 1. The Morgan fingerprint density at radius 2 is 1.61 bits per heavy atom. The highest BCUT2D eigenvalue weighted by molar-refractivity contribution is 9.10. The number of pyridine rings is 2. The van der Waals surface area contributed by atoms with Gasteiger partial charge in [0.15, 0.2) is 11.2 Å². The predicted molar refractivity (Wildman–Crippen MR) is 181 cm³/mol. The van der Waals surface area contributed by atoms with Crippen molar-refractivity contribution in [2.45, 2.75) is 53.2 Å². The molecule has 230 valence electrons. The van der Waals surface area contributed by atoms with E-state index < -0.39 is 11.7 Å². The van der Waals surface area contributed by atoms with Gasteiger partial charge in [-0.1, -0.05) is 92.5 Å². The lowest BCUT2D eigenvalue weighted by molar-refractivity contribution is 0.0520. The molecular weight excluding hydrogens is 644 g/mol. The van der Waals surface area contributed by atoms with Gasteiger partial charge in [-0.2, -0.15) is 0 Å². The molecule has 0 radical (unpaired) electrons. The van der Waals surface area contributed by atoms with Crippen LogP contribution in [0.4, 0.5) is 10.6 Å². The van der Waals surface area contributed by atoms with E-state index in [2.05, 4.69) is 45.1 Å². The lowest BCUT2D eigenvalue weighted by Crippen LogP contribution is -2.32. The molecular formula is C34H36BrClN4O4. The summed E-state index contributed by atoms with van der Waals surface area (Å²) in [5, 5.41) is 3.89.